The second kappa shape index (κ2) is 10.5. The fraction of sp³-hybridized carbons (Fsp3) is 1.00. The summed E-state index contributed by atoms with van der Waals surface area (Å²) in [5.74, 6) is 1.95. The van der Waals surface area contributed by atoms with E-state index in [2.05, 4.69) is 27.7 Å². The molecule has 0 heterocycles. The summed E-state index contributed by atoms with van der Waals surface area (Å²) in [6, 6.07) is 0. The highest BCUT2D eigenvalue weighted by Gasteiger charge is 2.10. The predicted molar refractivity (Wildman–Crippen MR) is 71.2 cm³/mol. The fourth-order valence-corrected chi connectivity index (χ4v) is 2.50. The minimum atomic E-state index is 0.957. The van der Waals surface area contributed by atoms with Gasteiger partial charge < -0.3 is 0 Å². The van der Waals surface area contributed by atoms with E-state index in [0.29, 0.717) is 0 Å². The summed E-state index contributed by atoms with van der Waals surface area (Å²) in [5.41, 5.74) is 0. The number of unbranched alkanes of at least 4 members (excludes halogenated alkanes) is 3. The normalized spacial score (nSPS) is 15.2. The van der Waals surface area contributed by atoms with Crippen molar-refractivity contribution < 1.29 is 0 Å². The standard InChI is InChI=1S/C15H32/c1-5-8-9-10-12-14(4)13-15(7-3)11-6-2/h14-15H,5-13H2,1-4H3. The molecule has 2 unspecified atom stereocenters. The van der Waals surface area contributed by atoms with E-state index in [1.807, 2.05) is 0 Å². The zero-order valence-corrected chi connectivity index (χ0v) is 11.5. The van der Waals surface area contributed by atoms with Gasteiger partial charge in [-0.15, -0.1) is 0 Å². The quantitative estimate of drug-likeness (QED) is 0.401. The Bertz CT molecular complexity index is 117. The Morgan fingerprint density at radius 3 is 2.07 bits per heavy atom. The number of hydrogen-bond donors (Lipinski definition) is 0. The molecule has 2 atom stereocenters. The lowest BCUT2D eigenvalue weighted by atomic mass is 9.87. The van der Waals surface area contributed by atoms with Crippen LogP contribution in [0.3, 0.4) is 0 Å². The Labute approximate surface area is 97.8 Å². The van der Waals surface area contributed by atoms with Crippen molar-refractivity contribution in [2.75, 3.05) is 0 Å². The molecular weight excluding hydrogens is 180 g/mol. The molecule has 15 heavy (non-hydrogen) atoms. The van der Waals surface area contributed by atoms with E-state index in [9.17, 15) is 0 Å². The third-order valence-electron chi connectivity index (χ3n) is 3.56. The summed E-state index contributed by atoms with van der Waals surface area (Å²) < 4.78 is 0. The Balaban J connectivity index is 3.47. The van der Waals surface area contributed by atoms with E-state index in [4.69, 9.17) is 0 Å². The van der Waals surface area contributed by atoms with E-state index in [1.54, 1.807) is 0 Å². The van der Waals surface area contributed by atoms with Gasteiger partial charge in [0.15, 0.2) is 0 Å². The van der Waals surface area contributed by atoms with E-state index in [0.717, 1.165) is 11.8 Å². The number of rotatable bonds is 10. The molecule has 0 radical (unpaired) electrons. The summed E-state index contributed by atoms with van der Waals surface area (Å²) in [4.78, 5) is 0. The fourth-order valence-electron chi connectivity index (χ4n) is 2.50. The van der Waals surface area contributed by atoms with Crippen molar-refractivity contribution in [3.8, 4) is 0 Å². The maximum absolute atomic E-state index is 2.45. The van der Waals surface area contributed by atoms with Crippen molar-refractivity contribution in [1.29, 1.82) is 0 Å². The van der Waals surface area contributed by atoms with Crippen LogP contribution in [0.1, 0.15) is 85.5 Å². The molecule has 0 heteroatoms. The monoisotopic (exact) mass is 212 g/mol. The summed E-state index contributed by atoms with van der Waals surface area (Å²) in [5, 5.41) is 0. The van der Waals surface area contributed by atoms with E-state index < -0.39 is 0 Å². The van der Waals surface area contributed by atoms with E-state index in [1.165, 1.54) is 57.8 Å². The molecule has 0 aliphatic rings. The lowest BCUT2D eigenvalue weighted by Crippen LogP contribution is -2.05. The minimum absolute atomic E-state index is 0.957. The van der Waals surface area contributed by atoms with Gasteiger partial charge in [0.1, 0.15) is 0 Å². The first-order chi connectivity index (χ1) is 7.24. The maximum Gasteiger partial charge on any atom is -0.0414 e. The first-order valence-corrected chi connectivity index (χ1v) is 7.24. The Morgan fingerprint density at radius 2 is 1.53 bits per heavy atom. The van der Waals surface area contributed by atoms with Crippen molar-refractivity contribution in [3.05, 3.63) is 0 Å². The molecule has 0 fully saturated rings. The maximum atomic E-state index is 2.45. The van der Waals surface area contributed by atoms with Gasteiger partial charge in [-0.2, -0.15) is 0 Å². The van der Waals surface area contributed by atoms with Gasteiger partial charge in [-0.05, 0) is 18.3 Å². The summed E-state index contributed by atoms with van der Waals surface area (Å²) in [7, 11) is 0. The average Bonchev–Trinajstić information content (AvgIpc) is 2.24. The van der Waals surface area contributed by atoms with Crippen molar-refractivity contribution in [2.45, 2.75) is 85.5 Å². The minimum Gasteiger partial charge on any atom is -0.0654 e. The van der Waals surface area contributed by atoms with Crippen LogP contribution in [-0.2, 0) is 0 Å². The molecular formula is C15H32. The molecule has 0 bridgehead atoms. The molecule has 0 aliphatic carbocycles. The smallest absolute Gasteiger partial charge is 0.0414 e. The van der Waals surface area contributed by atoms with E-state index in [-0.39, 0.29) is 0 Å². The van der Waals surface area contributed by atoms with Gasteiger partial charge >= 0.3 is 0 Å². The SMILES string of the molecule is CCCCCCC(C)CC(CC)CCC. The Kier molecular flexibility index (Phi) is 10.5. The molecule has 0 saturated carbocycles. The first-order valence-electron chi connectivity index (χ1n) is 7.24. The summed E-state index contributed by atoms with van der Waals surface area (Å²) in [6.07, 6.45) is 12.8. The topological polar surface area (TPSA) is 0 Å². The summed E-state index contributed by atoms with van der Waals surface area (Å²) >= 11 is 0. The Hall–Kier alpha value is 0. The van der Waals surface area contributed by atoms with Gasteiger partial charge in [0.2, 0.25) is 0 Å². The highest BCUT2D eigenvalue weighted by atomic mass is 14.2. The third kappa shape index (κ3) is 8.96. The zero-order chi connectivity index (χ0) is 11.5. The van der Waals surface area contributed by atoms with Crippen molar-refractivity contribution >= 4 is 0 Å². The molecule has 0 N–H and O–H groups in total. The van der Waals surface area contributed by atoms with Gasteiger partial charge in [-0.3, -0.25) is 0 Å². The highest BCUT2D eigenvalue weighted by Crippen LogP contribution is 2.24. The van der Waals surface area contributed by atoms with Crippen LogP contribution >= 0.6 is 0 Å². The van der Waals surface area contributed by atoms with Gasteiger partial charge in [0.05, 0.1) is 0 Å². The van der Waals surface area contributed by atoms with Gasteiger partial charge in [-0.25, -0.2) is 0 Å². The lowest BCUT2D eigenvalue weighted by Gasteiger charge is -2.19. The predicted octanol–water partition coefficient (Wildman–Crippen LogP) is 5.81. The largest absolute Gasteiger partial charge is 0.0654 e. The third-order valence-corrected chi connectivity index (χ3v) is 3.56. The molecule has 0 amide bonds. The lowest BCUT2D eigenvalue weighted by molar-refractivity contribution is 0.337. The molecule has 0 saturated heterocycles. The molecule has 0 aromatic carbocycles. The molecule has 92 valence electrons. The zero-order valence-electron chi connectivity index (χ0n) is 11.5. The first kappa shape index (κ1) is 15.0. The van der Waals surface area contributed by atoms with Crippen molar-refractivity contribution in [1.82, 2.24) is 0 Å². The van der Waals surface area contributed by atoms with Crippen molar-refractivity contribution in [3.63, 3.8) is 0 Å². The highest BCUT2D eigenvalue weighted by molar-refractivity contribution is 4.62. The Morgan fingerprint density at radius 1 is 0.800 bits per heavy atom. The second-order valence-corrected chi connectivity index (χ2v) is 5.25. The van der Waals surface area contributed by atoms with Gasteiger partial charge in [0.25, 0.3) is 0 Å². The number of hydrogen-bond acceptors (Lipinski definition) is 0. The van der Waals surface area contributed by atoms with Crippen LogP contribution in [0.15, 0.2) is 0 Å². The van der Waals surface area contributed by atoms with Gasteiger partial charge in [0, 0.05) is 0 Å². The van der Waals surface area contributed by atoms with Crippen LogP contribution in [0.5, 0.6) is 0 Å². The average molecular weight is 212 g/mol. The van der Waals surface area contributed by atoms with Crippen LogP contribution < -0.4 is 0 Å². The molecule has 0 rings (SSSR count). The molecule has 0 aromatic rings. The van der Waals surface area contributed by atoms with Crippen LogP contribution in [0.4, 0.5) is 0 Å². The van der Waals surface area contributed by atoms with Gasteiger partial charge in [-0.1, -0.05) is 79.1 Å². The molecule has 0 aliphatic heterocycles. The molecule has 0 spiro atoms. The van der Waals surface area contributed by atoms with Crippen LogP contribution in [0.25, 0.3) is 0 Å². The van der Waals surface area contributed by atoms with Crippen molar-refractivity contribution in [2.24, 2.45) is 11.8 Å². The second-order valence-electron chi connectivity index (χ2n) is 5.25. The molecule has 0 nitrogen and oxygen atoms in total. The van der Waals surface area contributed by atoms with Crippen LogP contribution in [-0.4, -0.2) is 0 Å². The van der Waals surface area contributed by atoms with Crippen LogP contribution in [0, 0.1) is 11.8 Å². The van der Waals surface area contributed by atoms with Crippen LogP contribution in [0.2, 0.25) is 0 Å². The molecule has 0 aromatic heterocycles. The van der Waals surface area contributed by atoms with E-state index >= 15 is 0 Å². The summed E-state index contributed by atoms with van der Waals surface area (Å²) in [6.45, 7) is 9.40.